The normalized spacial score (nSPS) is 16.3. The third kappa shape index (κ3) is 6.40. The fourth-order valence-corrected chi connectivity index (χ4v) is 4.02. The summed E-state index contributed by atoms with van der Waals surface area (Å²) in [6.07, 6.45) is -0.466. The number of nitrogens with zero attached hydrogens (tertiary/aromatic N) is 2. The monoisotopic (exact) mass is 466 g/mol. The van der Waals surface area contributed by atoms with Crippen LogP contribution in [0.15, 0.2) is 78.0 Å². The third-order valence-electron chi connectivity index (χ3n) is 5.71. The van der Waals surface area contributed by atoms with E-state index in [2.05, 4.69) is 5.16 Å². The van der Waals surface area contributed by atoms with Gasteiger partial charge in [-0.1, -0.05) is 53.7 Å². The van der Waals surface area contributed by atoms with Crippen LogP contribution >= 0.6 is 0 Å². The molecule has 7 heteroatoms. The summed E-state index contributed by atoms with van der Waals surface area (Å²) in [7, 11) is 0. The van der Waals surface area contributed by atoms with Gasteiger partial charge in [-0.2, -0.15) is 0 Å². The van der Waals surface area contributed by atoms with Crippen LogP contribution < -0.4 is 4.74 Å². The standard InChI is InChI=1S/C27H28F2N2O3/c1-19-7-5-6-10-25(19)27-14-24(34-30-27)17-31(15-20-11-12-21(28)13-26(20)29)16-22(32)18-33-23-8-3-2-4-9-23/h2-13,22,24,32H,14-18H2,1H3/t22-,24-/m0/s1. The van der Waals surface area contributed by atoms with Crippen molar-refractivity contribution in [1.82, 2.24) is 4.90 Å². The number of benzene rings is 3. The molecular weight excluding hydrogens is 438 g/mol. The lowest BCUT2D eigenvalue weighted by molar-refractivity contribution is 0.0209. The summed E-state index contributed by atoms with van der Waals surface area (Å²) in [5.41, 5.74) is 3.36. The molecule has 0 aliphatic carbocycles. The Hall–Kier alpha value is -3.29. The quantitative estimate of drug-likeness (QED) is 0.470. The van der Waals surface area contributed by atoms with Crippen molar-refractivity contribution in [2.24, 2.45) is 5.16 Å². The lowest BCUT2D eigenvalue weighted by atomic mass is 10.00. The second kappa shape index (κ2) is 11.2. The Kier molecular flexibility index (Phi) is 7.87. The van der Waals surface area contributed by atoms with Crippen LogP contribution in [0.1, 0.15) is 23.1 Å². The van der Waals surface area contributed by atoms with Gasteiger partial charge in [-0.15, -0.1) is 0 Å². The van der Waals surface area contributed by atoms with Gasteiger partial charge in [-0.25, -0.2) is 8.78 Å². The fraction of sp³-hybridized carbons (Fsp3) is 0.296. The van der Waals surface area contributed by atoms with Crippen LogP contribution in [-0.2, 0) is 11.4 Å². The topological polar surface area (TPSA) is 54.3 Å². The molecular formula is C27H28F2N2O3. The number of hydrogen-bond donors (Lipinski definition) is 1. The molecule has 0 aromatic heterocycles. The van der Waals surface area contributed by atoms with Crippen molar-refractivity contribution < 1.29 is 23.5 Å². The minimum atomic E-state index is -0.818. The maximum atomic E-state index is 14.4. The number of rotatable bonds is 10. The molecule has 1 aliphatic rings. The van der Waals surface area contributed by atoms with Gasteiger partial charge in [0.2, 0.25) is 0 Å². The van der Waals surface area contributed by atoms with Crippen LogP contribution in [-0.4, -0.2) is 47.6 Å². The van der Waals surface area contributed by atoms with Gasteiger partial charge in [0.25, 0.3) is 0 Å². The van der Waals surface area contributed by atoms with Gasteiger partial charge >= 0.3 is 0 Å². The fourth-order valence-electron chi connectivity index (χ4n) is 4.02. The van der Waals surface area contributed by atoms with E-state index in [4.69, 9.17) is 9.57 Å². The van der Waals surface area contributed by atoms with E-state index in [9.17, 15) is 13.9 Å². The molecule has 0 unspecified atom stereocenters. The maximum absolute atomic E-state index is 14.4. The van der Waals surface area contributed by atoms with Crippen molar-refractivity contribution >= 4 is 5.71 Å². The Balaban J connectivity index is 1.41. The van der Waals surface area contributed by atoms with Gasteiger partial charge < -0.3 is 14.7 Å². The average Bonchev–Trinajstić information content (AvgIpc) is 3.28. The summed E-state index contributed by atoms with van der Waals surface area (Å²) < 4.78 is 33.4. The van der Waals surface area contributed by atoms with Gasteiger partial charge in [-0.3, -0.25) is 4.90 Å². The Morgan fingerprint density at radius 1 is 1.09 bits per heavy atom. The van der Waals surface area contributed by atoms with Crippen molar-refractivity contribution in [3.63, 3.8) is 0 Å². The third-order valence-corrected chi connectivity index (χ3v) is 5.71. The molecule has 0 spiro atoms. The van der Waals surface area contributed by atoms with Crippen molar-refractivity contribution in [3.05, 3.63) is 101 Å². The number of aliphatic hydroxyl groups is 1. The van der Waals surface area contributed by atoms with E-state index in [-0.39, 0.29) is 25.8 Å². The first-order chi connectivity index (χ1) is 16.5. The van der Waals surface area contributed by atoms with Gasteiger partial charge in [-0.05, 0) is 30.7 Å². The van der Waals surface area contributed by atoms with Crippen LogP contribution in [0, 0.1) is 18.6 Å². The number of oxime groups is 1. The number of aryl methyl sites for hydroxylation is 1. The zero-order chi connectivity index (χ0) is 23.9. The molecule has 0 radical (unpaired) electrons. The van der Waals surface area contributed by atoms with Crippen LogP contribution in [0.25, 0.3) is 0 Å². The minimum absolute atomic E-state index is 0.0862. The molecule has 1 aliphatic heterocycles. The highest BCUT2D eigenvalue weighted by atomic mass is 19.1. The van der Waals surface area contributed by atoms with Crippen LogP contribution in [0.2, 0.25) is 0 Å². The molecule has 0 saturated heterocycles. The molecule has 4 rings (SSSR count). The molecule has 0 fully saturated rings. The second-order valence-electron chi connectivity index (χ2n) is 8.49. The van der Waals surface area contributed by atoms with E-state index in [0.717, 1.165) is 22.9 Å². The van der Waals surface area contributed by atoms with Crippen LogP contribution in [0.3, 0.4) is 0 Å². The van der Waals surface area contributed by atoms with E-state index in [0.29, 0.717) is 24.3 Å². The molecule has 3 aromatic carbocycles. The Bertz CT molecular complexity index is 1120. The number of halogens is 2. The summed E-state index contributed by atoms with van der Waals surface area (Å²) in [6, 6.07) is 20.7. The van der Waals surface area contributed by atoms with Crippen molar-refractivity contribution in [1.29, 1.82) is 0 Å². The number of hydrogen-bond acceptors (Lipinski definition) is 5. The zero-order valence-electron chi connectivity index (χ0n) is 19.0. The maximum Gasteiger partial charge on any atom is 0.145 e. The van der Waals surface area contributed by atoms with Gasteiger partial charge in [0.1, 0.15) is 36.2 Å². The molecule has 0 saturated carbocycles. The Morgan fingerprint density at radius 2 is 1.85 bits per heavy atom. The van der Waals surface area contributed by atoms with Crippen LogP contribution in [0.4, 0.5) is 8.78 Å². The summed E-state index contributed by atoms with van der Waals surface area (Å²) in [6.45, 7) is 2.94. The van der Waals surface area contributed by atoms with E-state index in [1.165, 1.54) is 12.1 Å². The zero-order valence-corrected chi connectivity index (χ0v) is 19.0. The van der Waals surface area contributed by atoms with Crippen molar-refractivity contribution in [2.75, 3.05) is 19.7 Å². The van der Waals surface area contributed by atoms with E-state index in [1.54, 1.807) is 0 Å². The predicted octanol–water partition coefficient (Wildman–Crippen LogP) is 4.71. The van der Waals surface area contributed by atoms with Gasteiger partial charge in [0.05, 0.1) is 5.71 Å². The predicted molar refractivity (Wildman–Crippen MR) is 127 cm³/mol. The first kappa shape index (κ1) is 23.9. The second-order valence-corrected chi connectivity index (χ2v) is 8.49. The van der Waals surface area contributed by atoms with Gasteiger partial charge in [0, 0.05) is 43.2 Å². The molecule has 3 aromatic rings. The first-order valence-corrected chi connectivity index (χ1v) is 11.3. The molecule has 2 atom stereocenters. The van der Waals surface area contributed by atoms with E-state index in [1.807, 2.05) is 66.4 Å². The summed E-state index contributed by atoms with van der Waals surface area (Å²) in [5, 5.41) is 14.9. The summed E-state index contributed by atoms with van der Waals surface area (Å²) in [4.78, 5) is 7.57. The minimum Gasteiger partial charge on any atom is -0.491 e. The highest BCUT2D eigenvalue weighted by molar-refractivity contribution is 6.02. The van der Waals surface area contributed by atoms with E-state index >= 15 is 0 Å². The highest BCUT2D eigenvalue weighted by Crippen LogP contribution is 2.21. The highest BCUT2D eigenvalue weighted by Gasteiger charge is 2.27. The molecule has 34 heavy (non-hydrogen) atoms. The molecule has 0 bridgehead atoms. The lowest BCUT2D eigenvalue weighted by Gasteiger charge is -2.27. The molecule has 0 amide bonds. The summed E-state index contributed by atoms with van der Waals surface area (Å²) >= 11 is 0. The molecule has 1 N–H and O–H groups in total. The molecule has 5 nitrogen and oxygen atoms in total. The van der Waals surface area contributed by atoms with Crippen LogP contribution in [0.5, 0.6) is 5.75 Å². The smallest absolute Gasteiger partial charge is 0.145 e. The lowest BCUT2D eigenvalue weighted by Crippen LogP contribution is -2.40. The first-order valence-electron chi connectivity index (χ1n) is 11.3. The number of para-hydroxylation sites is 1. The average molecular weight is 467 g/mol. The van der Waals surface area contributed by atoms with Crippen molar-refractivity contribution in [3.8, 4) is 5.75 Å². The largest absolute Gasteiger partial charge is 0.491 e. The Labute approximate surface area is 198 Å². The summed E-state index contributed by atoms with van der Waals surface area (Å²) in [5.74, 6) is -0.586. The SMILES string of the molecule is Cc1ccccc1C1=NO[C@H](CN(Cc2ccc(F)cc2F)C[C@H](O)COc2ccccc2)C1. The number of ether oxygens (including phenoxy) is 1. The van der Waals surface area contributed by atoms with E-state index < -0.39 is 17.7 Å². The van der Waals surface area contributed by atoms with Crippen molar-refractivity contribution in [2.45, 2.75) is 32.1 Å². The van der Waals surface area contributed by atoms with Gasteiger partial charge in [0.15, 0.2) is 0 Å². The molecule has 1 heterocycles. The Morgan fingerprint density at radius 3 is 2.62 bits per heavy atom. The molecule has 178 valence electrons. The number of aliphatic hydroxyl groups excluding tert-OH is 1.